The van der Waals surface area contributed by atoms with E-state index in [9.17, 15) is 5.11 Å². The molecule has 0 amide bonds. The summed E-state index contributed by atoms with van der Waals surface area (Å²) in [5.74, 6) is 2.73. The lowest BCUT2D eigenvalue weighted by Crippen LogP contribution is -2.62. The Hall–Kier alpha value is 0.220. The first-order chi connectivity index (χ1) is 20.8. The number of rotatable bonds is 7. The molecule has 4 saturated carbocycles. The molecule has 0 aromatic carbocycles. The van der Waals surface area contributed by atoms with E-state index in [2.05, 4.69) is 90.8 Å². The van der Waals surface area contributed by atoms with Gasteiger partial charge in [0.15, 0.2) is 0 Å². The average Bonchev–Trinajstić information content (AvgIpc) is 2.91. The summed E-state index contributed by atoms with van der Waals surface area (Å²) in [5.41, 5.74) is 2.50. The molecular weight excluding hydrogens is 590 g/mol. The van der Waals surface area contributed by atoms with Gasteiger partial charge >= 0.3 is 0 Å². The van der Waals surface area contributed by atoms with E-state index in [1.165, 1.54) is 69.8 Å². The van der Waals surface area contributed by atoms with Crippen LogP contribution in [0, 0.1) is 45.3 Å². The van der Waals surface area contributed by atoms with E-state index in [0.717, 1.165) is 43.4 Å². The molecular formula is C40H72O3P2. The van der Waals surface area contributed by atoms with Gasteiger partial charge in [-0.3, -0.25) is 0 Å². The van der Waals surface area contributed by atoms with Gasteiger partial charge in [-0.15, -0.1) is 6.58 Å². The van der Waals surface area contributed by atoms with Gasteiger partial charge in [0.05, 0.1) is 23.4 Å². The number of ether oxygens (including phenoxy) is 1. The van der Waals surface area contributed by atoms with Crippen molar-refractivity contribution in [2.45, 2.75) is 176 Å². The Kier molecular flexibility index (Phi) is 11.7. The Morgan fingerprint density at radius 3 is 1.98 bits per heavy atom. The molecule has 5 heteroatoms. The van der Waals surface area contributed by atoms with Crippen LogP contribution in [-0.4, -0.2) is 28.5 Å². The Balaban J connectivity index is 0.000000206. The van der Waals surface area contributed by atoms with Gasteiger partial charge in [-0.1, -0.05) is 81.0 Å². The topological polar surface area (TPSA) is 38.7 Å². The molecule has 0 spiro atoms. The molecule has 3 nitrogen and oxygen atoms in total. The fourth-order valence-corrected chi connectivity index (χ4v) is 13.0. The van der Waals surface area contributed by atoms with E-state index in [0.29, 0.717) is 37.3 Å². The summed E-state index contributed by atoms with van der Waals surface area (Å²) in [6.45, 7) is 28.6. The molecule has 5 aliphatic rings. The molecule has 11 atom stereocenters. The molecule has 45 heavy (non-hydrogen) atoms. The summed E-state index contributed by atoms with van der Waals surface area (Å²) < 4.78 is 12.1. The monoisotopic (exact) mass is 662 g/mol. The maximum Gasteiger partial charge on any atom is 0.0839 e. The summed E-state index contributed by atoms with van der Waals surface area (Å²) in [4.78, 5) is 0. The van der Waals surface area contributed by atoms with Gasteiger partial charge in [0.2, 0.25) is 0 Å². The van der Waals surface area contributed by atoms with Gasteiger partial charge in [0.25, 0.3) is 0 Å². The van der Waals surface area contributed by atoms with E-state index >= 15 is 0 Å². The van der Waals surface area contributed by atoms with Gasteiger partial charge in [0, 0.05) is 8.50 Å². The van der Waals surface area contributed by atoms with Crippen molar-refractivity contribution >= 4 is 17.4 Å². The highest BCUT2D eigenvalue weighted by Crippen LogP contribution is 2.66. The lowest BCUT2D eigenvalue weighted by molar-refractivity contribution is -0.252. The summed E-state index contributed by atoms with van der Waals surface area (Å²) in [5, 5.41) is 11.2. The minimum Gasteiger partial charge on any atom is -0.390 e. The second-order valence-corrected chi connectivity index (χ2v) is 20.1. The smallest absolute Gasteiger partial charge is 0.0839 e. The number of hydrogen-bond donors (Lipinski definition) is 1. The molecule has 0 radical (unpaired) electrons. The molecule has 11 unspecified atom stereocenters. The van der Waals surface area contributed by atoms with Crippen molar-refractivity contribution in [3.63, 3.8) is 0 Å². The zero-order valence-corrected chi connectivity index (χ0v) is 33.3. The first kappa shape index (κ1) is 38.0. The third kappa shape index (κ3) is 7.69. The minimum absolute atomic E-state index is 0.0554. The number of aliphatic hydroxyl groups is 1. The molecule has 1 N–H and O–H groups in total. The molecule has 1 saturated heterocycles. The largest absolute Gasteiger partial charge is 0.390 e. The number of allylic oxidation sites excluding steroid dienone is 1. The van der Waals surface area contributed by atoms with E-state index in [1.54, 1.807) is 0 Å². The van der Waals surface area contributed by atoms with Crippen LogP contribution in [0.4, 0.5) is 0 Å². The average molecular weight is 663 g/mol. The summed E-state index contributed by atoms with van der Waals surface area (Å²) in [6.07, 6.45) is 21.7. The first-order valence-corrected chi connectivity index (χ1v) is 21.3. The number of hydrogen-bond acceptors (Lipinski definition) is 3. The molecule has 1 heterocycles. The molecule has 4 aliphatic carbocycles. The first-order valence-electron chi connectivity index (χ1n) is 18.6. The van der Waals surface area contributed by atoms with Crippen LogP contribution in [0.3, 0.4) is 0 Å². The highest BCUT2D eigenvalue weighted by Gasteiger charge is 2.61. The molecule has 5 rings (SSSR count). The molecule has 5 fully saturated rings. The predicted molar refractivity (Wildman–Crippen MR) is 199 cm³/mol. The third-order valence-electron chi connectivity index (χ3n) is 14.8. The van der Waals surface area contributed by atoms with Crippen molar-refractivity contribution in [3.8, 4) is 0 Å². The lowest BCUT2D eigenvalue weighted by atomic mass is 9.44. The van der Waals surface area contributed by atoms with Crippen LogP contribution in [0.2, 0.25) is 0 Å². The van der Waals surface area contributed by atoms with Crippen LogP contribution in [0.15, 0.2) is 24.3 Å². The Bertz CT molecular complexity index is 1070. The molecule has 260 valence electrons. The second-order valence-electron chi connectivity index (χ2n) is 18.8. The van der Waals surface area contributed by atoms with E-state index < -0.39 is 5.60 Å². The van der Waals surface area contributed by atoms with Gasteiger partial charge < -0.3 is 14.4 Å². The third-order valence-corrected chi connectivity index (χ3v) is 15.6. The summed E-state index contributed by atoms with van der Waals surface area (Å²) in [6, 6.07) is 0. The second kappa shape index (κ2) is 13.9. The highest BCUT2D eigenvalue weighted by atomic mass is 32.0. The predicted octanol–water partition coefficient (Wildman–Crippen LogP) is 11.8. The van der Waals surface area contributed by atoms with Crippen LogP contribution in [0.5, 0.6) is 0 Å². The Morgan fingerprint density at radius 2 is 1.38 bits per heavy atom. The fraction of sp³-hybridized carbons (Fsp3) is 0.900. The van der Waals surface area contributed by atoms with Gasteiger partial charge in [-0.25, -0.2) is 0 Å². The minimum atomic E-state index is -0.517. The van der Waals surface area contributed by atoms with Crippen LogP contribution < -0.4 is 0 Å². The van der Waals surface area contributed by atoms with Crippen LogP contribution in [-0.2, 0) is 9.26 Å². The zero-order valence-electron chi connectivity index (χ0n) is 31.1. The van der Waals surface area contributed by atoms with Crippen molar-refractivity contribution in [1.29, 1.82) is 0 Å². The Labute approximate surface area is 283 Å². The van der Waals surface area contributed by atoms with Crippen LogP contribution >= 0.6 is 17.4 Å². The maximum atomic E-state index is 11.2. The van der Waals surface area contributed by atoms with Crippen molar-refractivity contribution < 1.29 is 14.4 Å². The molecule has 1 aliphatic heterocycles. The van der Waals surface area contributed by atoms with Crippen LogP contribution in [0.1, 0.15) is 159 Å². The molecule has 0 aromatic rings. The Morgan fingerprint density at radius 1 is 0.822 bits per heavy atom. The van der Waals surface area contributed by atoms with Gasteiger partial charge in [-0.05, 0) is 150 Å². The van der Waals surface area contributed by atoms with Crippen molar-refractivity contribution in [2.75, 3.05) is 6.61 Å². The van der Waals surface area contributed by atoms with Crippen molar-refractivity contribution in [2.24, 2.45) is 45.3 Å². The SMILES string of the molecule is C/C(=C/COPP)CCC1C(C)(O)CCC2C(C)(C)CCCC21C.C=CC1(C)CCC2C(C)(CCC3C(C)(C)CCCC32C)O1. The highest BCUT2D eigenvalue weighted by molar-refractivity contribution is 8.00. The molecule has 0 aromatic heterocycles. The van der Waals surface area contributed by atoms with Crippen molar-refractivity contribution in [3.05, 3.63) is 24.3 Å². The van der Waals surface area contributed by atoms with E-state index in [1.807, 2.05) is 6.08 Å². The molecule has 0 bridgehead atoms. The zero-order chi connectivity index (χ0) is 33.5. The van der Waals surface area contributed by atoms with E-state index in [-0.39, 0.29) is 16.6 Å². The normalized spacial score (nSPS) is 45.9. The lowest BCUT2D eigenvalue weighted by Gasteiger charge is -2.65. The maximum absolute atomic E-state index is 11.2. The summed E-state index contributed by atoms with van der Waals surface area (Å²) in [7, 11) is 3.10. The number of fused-ring (bicyclic) bond motifs is 4. The summed E-state index contributed by atoms with van der Waals surface area (Å²) >= 11 is 0. The fourth-order valence-electron chi connectivity index (χ4n) is 12.5. The van der Waals surface area contributed by atoms with E-state index in [4.69, 9.17) is 9.26 Å². The van der Waals surface area contributed by atoms with Crippen molar-refractivity contribution in [1.82, 2.24) is 0 Å². The standard InChI is InChI=1S/C20H38O2P2.C20H34O/c1-15(10-14-22-24-23)7-8-17-19(4)12-6-11-18(2,3)16(19)9-13-20(17,5)21;1-7-18(4)13-9-16-19(5)12-8-11-17(2,3)15(19)10-14-20(16,6)21-18/h10,16-17,21,24H,6-9,11-14,23H2,1-5H3;7,15-16H,1,8-14H2,2-6H3/b15-10-;. The van der Waals surface area contributed by atoms with Crippen LogP contribution in [0.25, 0.3) is 0 Å². The quantitative estimate of drug-likeness (QED) is 0.167. The van der Waals surface area contributed by atoms with Gasteiger partial charge in [0.1, 0.15) is 0 Å². The van der Waals surface area contributed by atoms with Gasteiger partial charge in [-0.2, -0.15) is 0 Å².